The average molecular weight is 209 g/mol. The third-order valence-corrected chi connectivity index (χ3v) is 2.80. The average Bonchev–Trinajstić information content (AvgIpc) is 2.31. The second-order valence-electron chi connectivity index (χ2n) is 4.12. The zero-order valence-electron chi connectivity index (χ0n) is 9.80. The van der Waals surface area contributed by atoms with Crippen LogP contribution in [0.1, 0.15) is 0 Å². The highest BCUT2D eigenvalue weighted by atomic mass is 15.3. The van der Waals surface area contributed by atoms with Crippen LogP contribution in [-0.4, -0.2) is 22.5 Å². The van der Waals surface area contributed by atoms with Crippen LogP contribution < -0.4 is 4.48 Å². The van der Waals surface area contributed by atoms with Gasteiger partial charge in [-0.1, -0.05) is 36.4 Å². The minimum Gasteiger partial charge on any atom is -1.00 e. The highest BCUT2D eigenvalue weighted by molar-refractivity contribution is 5.75. The summed E-state index contributed by atoms with van der Waals surface area (Å²) >= 11 is 0. The molecule has 0 saturated carbocycles. The van der Waals surface area contributed by atoms with E-state index in [-0.39, 0.29) is 8.41 Å². The van der Waals surface area contributed by atoms with E-state index >= 15 is 0 Å². The minimum atomic E-state index is 0. The van der Waals surface area contributed by atoms with E-state index in [1.165, 1.54) is 11.4 Å². The molecule has 2 heteroatoms. The molecule has 0 atom stereocenters. The Morgan fingerprint density at radius 1 is 0.625 bits per heavy atom. The predicted octanol–water partition coefficient (Wildman–Crippen LogP) is 3.20. The Labute approximate surface area is 99.5 Å². The van der Waals surface area contributed by atoms with E-state index in [1.54, 1.807) is 0 Å². The van der Waals surface area contributed by atoms with E-state index in [1.807, 2.05) is 0 Å². The van der Waals surface area contributed by atoms with Crippen LogP contribution in [0.4, 0.5) is 11.4 Å². The Hall–Kier alpha value is -1.54. The van der Waals surface area contributed by atoms with Gasteiger partial charge >= 0.3 is 0 Å². The molecule has 0 amide bonds. The SMILES string of the molecule is C[N+](C)(c1ccccc1)c1ccccc1.[B-]. The van der Waals surface area contributed by atoms with Crippen LogP contribution in [0, 0.1) is 0 Å². The molecule has 4 radical (unpaired) electrons. The van der Waals surface area contributed by atoms with E-state index in [9.17, 15) is 0 Å². The lowest BCUT2D eigenvalue weighted by Crippen LogP contribution is -2.33. The first-order valence-corrected chi connectivity index (χ1v) is 5.16. The first kappa shape index (κ1) is 12.5. The molecule has 0 aliphatic carbocycles. The van der Waals surface area contributed by atoms with E-state index in [0.29, 0.717) is 0 Å². The van der Waals surface area contributed by atoms with E-state index in [2.05, 4.69) is 74.8 Å². The van der Waals surface area contributed by atoms with Gasteiger partial charge in [-0.15, -0.1) is 0 Å². The molecule has 0 fully saturated rings. The standard InChI is InChI=1S/C14H16N.B/c1-15(2,13-9-5-3-6-10-13)14-11-7-4-8-12-14;/h3-12H,1-2H3;/q+1;-1. The number of benzene rings is 2. The highest BCUT2D eigenvalue weighted by Gasteiger charge is 2.20. The third-order valence-electron chi connectivity index (χ3n) is 2.80. The van der Waals surface area contributed by atoms with E-state index < -0.39 is 0 Å². The van der Waals surface area contributed by atoms with Crippen molar-refractivity contribution in [3.05, 3.63) is 60.7 Å². The normalized spacial score (nSPS) is 10.6. The number of quaternary nitrogens is 1. The summed E-state index contributed by atoms with van der Waals surface area (Å²) in [5, 5.41) is 0. The van der Waals surface area contributed by atoms with E-state index in [4.69, 9.17) is 0 Å². The smallest absolute Gasteiger partial charge is 0.137 e. The quantitative estimate of drug-likeness (QED) is 0.526. The summed E-state index contributed by atoms with van der Waals surface area (Å²) in [7, 11) is 4.40. The molecule has 16 heavy (non-hydrogen) atoms. The summed E-state index contributed by atoms with van der Waals surface area (Å²) in [5.41, 5.74) is 2.59. The summed E-state index contributed by atoms with van der Waals surface area (Å²) in [6.45, 7) is 0. The van der Waals surface area contributed by atoms with Crippen LogP contribution in [0.25, 0.3) is 0 Å². The largest absolute Gasteiger partial charge is 1.00 e. The fraction of sp³-hybridized carbons (Fsp3) is 0.143. The van der Waals surface area contributed by atoms with Crippen molar-refractivity contribution < 1.29 is 0 Å². The Morgan fingerprint density at radius 3 is 1.25 bits per heavy atom. The predicted molar refractivity (Wildman–Crippen MR) is 71.9 cm³/mol. The molecule has 2 aromatic carbocycles. The Kier molecular flexibility index (Phi) is 3.91. The number of nitrogens with zero attached hydrogens (tertiary/aromatic N) is 1. The zero-order chi connectivity index (χ0) is 10.7. The van der Waals surface area contributed by atoms with Crippen LogP contribution in [0.5, 0.6) is 0 Å². The van der Waals surface area contributed by atoms with Gasteiger partial charge in [0.2, 0.25) is 0 Å². The second kappa shape index (κ2) is 5.00. The van der Waals surface area contributed by atoms with Crippen molar-refractivity contribution in [1.29, 1.82) is 0 Å². The maximum Gasteiger partial charge on any atom is 0.137 e. The molecule has 0 unspecified atom stereocenters. The monoisotopic (exact) mass is 209 g/mol. The van der Waals surface area contributed by atoms with Crippen molar-refractivity contribution in [3.8, 4) is 0 Å². The lowest BCUT2D eigenvalue weighted by molar-refractivity contribution is 0.555. The van der Waals surface area contributed by atoms with Gasteiger partial charge in [0.05, 0.1) is 14.1 Å². The van der Waals surface area contributed by atoms with Gasteiger partial charge < -0.3 is 8.41 Å². The zero-order valence-corrected chi connectivity index (χ0v) is 9.80. The highest BCUT2D eigenvalue weighted by Crippen LogP contribution is 2.29. The number of hydrogen-bond donors (Lipinski definition) is 0. The number of hydrogen-bond acceptors (Lipinski definition) is 0. The Bertz CT molecular complexity index is 382. The van der Waals surface area contributed by atoms with Gasteiger partial charge in [0.25, 0.3) is 0 Å². The Morgan fingerprint density at radius 2 is 0.938 bits per heavy atom. The summed E-state index contributed by atoms with van der Waals surface area (Å²) in [6.07, 6.45) is 0. The fourth-order valence-corrected chi connectivity index (χ4v) is 1.75. The molecule has 1 nitrogen and oxygen atoms in total. The van der Waals surface area contributed by atoms with Crippen molar-refractivity contribution in [2.24, 2.45) is 0 Å². The van der Waals surface area contributed by atoms with Crippen LogP contribution >= 0.6 is 0 Å². The molecule has 0 aliphatic rings. The van der Waals surface area contributed by atoms with Gasteiger partial charge in [0.15, 0.2) is 0 Å². The van der Waals surface area contributed by atoms with Crippen molar-refractivity contribution in [2.75, 3.05) is 14.1 Å². The fourth-order valence-electron chi connectivity index (χ4n) is 1.75. The van der Waals surface area contributed by atoms with Gasteiger partial charge in [-0.25, -0.2) is 0 Å². The molecule has 80 valence electrons. The van der Waals surface area contributed by atoms with Crippen molar-refractivity contribution in [2.45, 2.75) is 0 Å². The summed E-state index contributed by atoms with van der Waals surface area (Å²) in [6, 6.07) is 21.1. The van der Waals surface area contributed by atoms with Crippen LogP contribution in [0.15, 0.2) is 60.7 Å². The van der Waals surface area contributed by atoms with E-state index in [0.717, 1.165) is 4.48 Å². The van der Waals surface area contributed by atoms with Crippen LogP contribution in [0.3, 0.4) is 0 Å². The Balaban J connectivity index is 0.00000128. The molecule has 0 aliphatic heterocycles. The lowest BCUT2D eigenvalue weighted by Gasteiger charge is -2.28. The topological polar surface area (TPSA) is 0 Å². The maximum absolute atomic E-state index is 2.20. The van der Waals surface area contributed by atoms with Gasteiger partial charge in [-0.05, 0) is 24.3 Å². The molecular formula is C14H16BN. The molecule has 0 spiro atoms. The molecule has 0 heterocycles. The molecule has 0 aromatic heterocycles. The van der Waals surface area contributed by atoms with Crippen molar-refractivity contribution in [3.63, 3.8) is 0 Å². The van der Waals surface area contributed by atoms with Crippen molar-refractivity contribution >= 4 is 19.8 Å². The third kappa shape index (κ3) is 2.34. The first-order valence-electron chi connectivity index (χ1n) is 5.16. The summed E-state index contributed by atoms with van der Waals surface area (Å²) < 4.78 is 0.779. The second-order valence-corrected chi connectivity index (χ2v) is 4.12. The summed E-state index contributed by atoms with van der Waals surface area (Å²) in [4.78, 5) is 0. The number of para-hydroxylation sites is 2. The minimum absolute atomic E-state index is 0. The van der Waals surface area contributed by atoms with Crippen molar-refractivity contribution in [1.82, 2.24) is 4.48 Å². The molecular weight excluding hydrogens is 193 g/mol. The van der Waals surface area contributed by atoms with Gasteiger partial charge in [-0.3, -0.25) is 4.48 Å². The molecule has 0 saturated heterocycles. The van der Waals surface area contributed by atoms with Crippen LogP contribution in [0.2, 0.25) is 0 Å². The van der Waals surface area contributed by atoms with Gasteiger partial charge in [0, 0.05) is 0 Å². The van der Waals surface area contributed by atoms with Gasteiger partial charge in [-0.2, -0.15) is 0 Å². The molecule has 0 bridgehead atoms. The molecule has 2 rings (SSSR count). The summed E-state index contributed by atoms with van der Waals surface area (Å²) in [5.74, 6) is 0. The maximum atomic E-state index is 2.20. The van der Waals surface area contributed by atoms with Crippen LogP contribution in [-0.2, 0) is 0 Å². The lowest BCUT2D eigenvalue weighted by atomic mass is 10.2. The number of rotatable bonds is 2. The first-order chi connectivity index (χ1) is 7.21. The van der Waals surface area contributed by atoms with Gasteiger partial charge in [0.1, 0.15) is 11.4 Å². The molecule has 2 aromatic rings. The molecule has 0 N–H and O–H groups in total.